The zero-order valence-electron chi connectivity index (χ0n) is 7.88. The first-order valence-corrected chi connectivity index (χ1v) is 4.75. The van der Waals surface area contributed by atoms with Crippen LogP contribution in [0.5, 0.6) is 0 Å². The summed E-state index contributed by atoms with van der Waals surface area (Å²) in [6, 6.07) is 2.53. The van der Waals surface area contributed by atoms with Crippen molar-refractivity contribution in [3.8, 4) is 0 Å². The third-order valence-electron chi connectivity index (χ3n) is 2.65. The Labute approximate surface area is 78.4 Å². The van der Waals surface area contributed by atoms with E-state index in [1.165, 1.54) is 19.3 Å². The first-order chi connectivity index (χ1) is 6.27. The van der Waals surface area contributed by atoms with Crippen LogP contribution in [0.15, 0.2) is 12.3 Å². The molecule has 0 bridgehead atoms. The molecule has 0 unspecified atom stereocenters. The average Bonchev–Trinajstić information content (AvgIpc) is 2.04. The number of nitrogens with one attached hydrogen (secondary N) is 1. The van der Waals surface area contributed by atoms with E-state index in [1.807, 2.05) is 13.0 Å². The lowest BCUT2D eigenvalue weighted by Gasteiger charge is -2.27. The molecule has 1 heterocycles. The molecular formula is C10H15N3. The Kier molecular flexibility index (Phi) is 2.08. The number of hydrogen-bond acceptors (Lipinski definition) is 3. The molecule has 1 aliphatic carbocycles. The van der Waals surface area contributed by atoms with E-state index in [0.29, 0.717) is 6.04 Å². The van der Waals surface area contributed by atoms with Crippen LogP contribution in [-0.2, 0) is 0 Å². The van der Waals surface area contributed by atoms with Crippen molar-refractivity contribution in [2.45, 2.75) is 32.2 Å². The van der Waals surface area contributed by atoms with E-state index in [2.05, 4.69) is 10.3 Å². The van der Waals surface area contributed by atoms with Crippen LogP contribution in [0.2, 0.25) is 0 Å². The quantitative estimate of drug-likeness (QED) is 0.725. The van der Waals surface area contributed by atoms with Gasteiger partial charge >= 0.3 is 0 Å². The largest absolute Gasteiger partial charge is 0.396 e. The summed E-state index contributed by atoms with van der Waals surface area (Å²) >= 11 is 0. The second kappa shape index (κ2) is 3.24. The second-order valence-corrected chi connectivity index (χ2v) is 3.66. The molecule has 0 saturated heterocycles. The van der Waals surface area contributed by atoms with Crippen LogP contribution in [-0.4, -0.2) is 11.0 Å². The molecule has 70 valence electrons. The molecule has 0 aromatic carbocycles. The summed E-state index contributed by atoms with van der Waals surface area (Å²) in [5.41, 5.74) is 7.77. The third-order valence-corrected chi connectivity index (χ3v) is 2.65. The fraction of sp³-hybridized carbons (Fsp3) is 0.500. The topological polar surface area (TPSA) is 50.9 Å². The van der Waals surface area contributed by atoms with Crippen molar-refractivity contribution in [3.63, 3.8) is 0 Å². The van der Waals surface area contributed by atoms with Crippen LogP contribution in [0.3, 0.4) is 0 Å². The second-order valence-electron chi connectivity index (χ2n) is 3.66. The SMILES string of the molecule is Cc1ccnc(NC2CCC2)c1N. The first kappa shape index (κ1) is 8.35. The van der Waals surface area contributed by atoms with Crippen molar-refractivity contribution in [2.24, 2.45) is 0 Å². The lowest BCUT2D eigenvalue weighted by molar-refractivity contribution is 0.444. The van der Waals surface area contributed by atoms with Crippen LogP contribution in [0.4, 0.5) is 11.5 Å². The zero-order chi connectivity index (χ0) is 9.26. The highest BCUT2D eigenvalue weighted by Crippen LogP contribution is 2.26. The molecule has 1 fully saturated rings. The lowest BCUT2D eigenvalue weighted by atomic mass is 9.93. The lowest BCUT2D eigenvalue weighted by Crippen LogP contribution is -2.28. The molecule has 3 nitrogen and oxygen atoms in total. The Bertz CT molecular complexity index is 305. The predicted octanol–water partition coefficient (Wildman–Crippen LogP) is 1.94. The van der Waals surface area contributed by atoms with Crippen LogP contribution in [0, 0.1) is 6.92 Å². The monoisotopic (exact) mass is 177 g/mol. The molecule has 0 spiro atoms. The number of hydrogen-bond donors (Lipinski definition) is 2. The molecule has 3 N–H and O–H groups in total. The third kappa shape index (κ3) is 1.59. The van der Waals surface area contributed by atoms with E-state index in [9.17, 15) is 0 Å². The zero-order valence-corrected chi connectivity index (χ0v) is 7.88. The molecule has 13 heavy (non-hydrogen) atoms. The van der Waals surface area contributed by atoms with Crippen molar-refractivity contribution in [2.75, 3.05) is 11.1 Å². The van der Waals surface area contributed by atoms with Crippen molar-refractivity contribution in [1.82, 2.24) is 4.98 Å². The average molecular weight is 177 g/mol. The molecule has 1 aromatic heterocycles. The molecule has 3 heteroatoms. The molecule has 0 radical (unpaired) electrons. The van der Waals surface area contributed by atoms with Crippen LogP contribution >= 0.6 is 0 Å². The van der Waals surface area contributed by atoms with E-state index in [4.69, 9.17) is 5.73 Å². The molecule has 0 amide bonds. The van der Waals surface area contributed by atoms with Gasteiger partial charge in [-0.15, -0.1) is 0 Å². The van der Waals surface area contributed by atoms with Gasteiger partial charge in [-0.05, 0) is 37.8 Å². The maximum absolute atomic E-state index is 5.88. The van der Waals surface area contributed by atoms with Crippen molar-refractivity contribution >= 4 is 11.5 Å². The Balaban J connectivity index is 2.14. The first-order valence-electron chi connectivity index (χ1n) is 4.75. The van der Waals surface area contributed by atoms with Crippen LogP contribution in [0.25, 0.3) is 0 Å². The number of nitrogen functional groups attached to an aromatic ring is 1. The van der Waals surface area contributed by atoms with Gasteiger partial charge in [0.25, 0.3) is 0 Å². The van der Waals surface area contributed by atoms with Gasteiger partial charge in [0, 0.05) is 12.2 Å². The van der Waals surface area contributed by atoms with Crippen molar-refractivity contribution in [3.05, 3.63) is 17.8 Å². The molecule has 0 aliphatic heterocycles. The van der Waals surface area contributed by atoms with E-state index >= 15 is 0 Å². The Morgan fingerprint density at radius 2 is 2.31 bits per heavy atom. The minimum atomic E-state index is 0.594. The number of nitrogens with zero attached hydrogens (tertiary/aromatic N) is 1. The van der Waals surface area contributed by atoms with Gasteiger partial charge in [0.1, 0.15) is 5.82 Å². The van der Waals surface area contributed by atoms with Crippen molar-refractivity contribution < 1.29 is 0 Å². The number of aromatic nitrogens is 1. The summed E-state index contributed by atoms with van der Waals surface area (Å²) in [6.45, 7) is 2.00. The summed E-state index contributed by atoms with van der Waals surface area (Å²) in [4.78, 5) is 4.22. The van der Waals surface area contributed by atoms with Gasteiger partial charge in [0.05, 0.1) is 5.69 Å². The van der Waals surface area contributed by atoms with Gasteiger partial charge in [-0.25, -0.2) is 4.98 Å². The molecule has 0 atom stereocenters. The Hall–Kier alpha value is -1.25. The number of aryl methyl sites for hydroxylation is 1. The number of nitrogens with two attached hydrogens (primary N) is 1. The maximum atomic E-state index is 5.88. The van der Waals surface area contributed by atoms with E-state index in [-0.39, 0.29) is 0 Å². The summed E-state index contributed by atoms with van der Waals surface area (Å²) in [5, 5.41) is 3.35. The van der Waals surface area contributed by atoms with E-state index in [1.54, 1.807) is 6.20 Å². The summed E-state index contributed by atoms with van der Waals surface area (Å²) in [6.07, 6.45) is 5.61. The van der Waals surface area contributed by atoms with Crippen LogP contribution < -0.4 is 11.1 Å². The highest BCUT2D eigenvalue weighted by Gasteiger charge is 2.18. The fourth-order valence-electron chi connectivity index (χ4n) is 1.43. The fourth-order valence-corrected chi connectivity index (χ4v) is 1.43. The molecular weight excluding hydrogens is 162 g/mol. The van der Waals surface area contributed by atoms with Gasteiger partial charge in [0.15, 0.2) is 0 Å². The van der Waals surface area contributed by atoms with Gasteiger partial charge < -0.3 is 11.1 Å². The van der Waals surface area contributed by atoms with Gasteiger partial charge in [0.2, 0.25) is 0 Å². The Morgan fingerprint density at radius 3 is 2.92 bits per heavy atom. The van der Waals surface area contributed by atoms with Gasteiger partial charge in [-0.3, -0.25) is 0 Å². The number of rotatable bonds is 2. The summed E-state index contributed by atoms with van der Waals surface area (Å²) in [7, 11) is 0. The van der Waals surface area contributed by atoms with E-state index < -0.39 is 0 Å². The summed E-state index contributed by atoms with van der Waals surface area (Å²) in [5.74, 6) is 0.852. The number of pyridine rings is 1. The highest BCUT2D eigenvalue weighted by molar-refractivity contribution is 5.65. The number of anilines is 2. The standard InChI is InChI=1S/C10H15N3/c1-7-5-6-12-10(9(7)11)13-8-3-2-4-8/h5-6,8H,2-4,11H2,1H3,(H,12,13). The smallest absolute Gasteiger partial charge is 0.149 e. The molecule has 1 aliphatic rings. The van der Waals surface area contributed by atoms with Crippen LogP contribution in [0.1, 0.15) is 24.8 Å². The van der Waals surface area contributed by atoms with E-state index in [0.717, 1.165) is 17.1 Å². The minimum Gasteiger partial charge on any atom is -0.396 e. The highest BCUT2D eigenvalue weighted by atomic mass is 15.0. The molecule has 1 saturated carbocycles. The molecule has 2 rings (SSSR count). The minimum absolute atomic E-state index is 0.594. The summed E-state index contributed by atoms with van der Waals surface area (Å²) < 4.78 is 0. The van der Waals surface area contributed by atoms with Gasteiger partial charge in [-0.2, -0.15) is 0 Å². The van der Waals surface area contributed by atoms with Gasteiger partial charge in [-0.1, -0.05) is 0 Å². The molecule has 1 aromatic rings. The Morgan fingerprint density at radius 1 is 1.54 bits per heavy atom. The normalized spacial score (nSPS) is 16.7. The predicted molar refractivity (Wildman–Crippen MR) is 54.6 cm³/mol. The van der Waals surface area contributed by atoms with Crippen molar-refractivity contribution in [1.29, 1.82) is 0 Å². The maximum Gasteiger partial charge on any atom is 0.149 e.